The Hall–Kier alpha value is -3.52. The molecule has 0 saturated carbocycles. The van der Waals surface area contributed by atoms with E-state index in [1.165, 1.54) is 12.3 Å². The van der Waals surface area contributed by atoms with Crippen LogP contribution in [0.25, 0.3) is 22.4 Å². The zero-order valence-corrected chi connectivity index (χ0v) is 16.7. The molecule has 0 unspecified atom stereocenters. The van der Waals surface area contributed by atoms with Crippen LogP contribution < -0.4 is 10.6 Å². The molecule has 1 aliphatic rings. The van der Waals surface area contributed by atoms with E-state index in [1.807, 2.05) is 18.2 Å². The molecule has 2 amide bonds. The predicted molar refractivity (Wildman–Crippen MR) is 114 cm³/mol. The summed E-state index contributed by atoms with van der Waals surface area (Å²) in [7, 11) is 2.08. The van der Waals surface area contributed by atoms with Gasteiger partial charge >= 0.3 is 0 Å². The average molecular weight is 405 g/mol. The number of piperidine rings is 1. The number of likely N-dealkylation sites (tertiary alicyclic amines) is 1. The first-order chi connectivity index (χ1) is 14.5. The smallest absolute Gasteiger partial charge is 0.288 e. The molecular weight excluding hydrogens is 382 g/mol. The lowest BCUT2D eigenvalue weighted by atomic mass is 10.1. The summed E-state index contributed by atoms with van der Waals surface area (Å²) in [5.74, 6) is -0.0627. The maximum atomic E-state index is 12.5. The summed E-state index contributed by atoms with van der Waals surface area (Å²) in [6.45, 7) is 5.40. The summed E-state index contributed by atoms with van der Waals surface area (Å²) >= 11 is 0. The van der Waals surface area contributed by atoms with Crippen molar-refractivity contribution in [3.63, 3.8) is 0 Å². The van der Waals surface area contributed by atoms with Crippen molar-refractivity contribution >= 4 is 28.4 Å². The molecule has 8 nitrogen and oxygen atoms in total. The van der Waals surface area contributed by atoms with Gasteiger partial charge in [-0.2, -0.15) is 0 Å². The Labute approximate surface area is 174 Å². The van der Waals surface area contributed by atoms with Crippen LogP contribution in [0.5, 0.6) is 0 Å². The predicted octanol–water partition coefficient (Wildman–Crippen LogP) is 2.84. The van der Waals surface area contributed by atoms with Crippen LogP contribution >= 0.6 is 0 Å². The van der Waals surface area contributed by atoms with Gasteiger partial charge in [0.2, 0.25) is 17.6 Å². The van der Waals surface area contributed by atoms with Crippen LogP contribution in [0.2, 0.25) is 0 Å². The topological polar surface area (TPSA) is 100 Å². The Bertz CT molecular complexity index is 1100. The lowest BCUT2D eigenvalue weighted by Gasteiger charge is -2.29. The molecule has 30 heavy (non-hydrogen) atoms. The van der Waals surface area contributed by atoms with Crippen molar-refractivity contribution in [2.45, 2.75) is 18.9 Å². The number of fused-ring (bicyclic) bond motifs is 1. The molecule has 0 bridgehead atoms. The normalized spacial score (nSPS) is 15.1. The van der Waals surface area contributed by atoms with Gasteiger partial charge in [-0.05, 0) is 63.3 Å². The van der Waals surface area contributed by atoms with Crippen LogP contribution in [0.15, 0.2) is 53.7 Å². The van der Waals surface area contributed by atoms with Gasteiger partial charge in [0.05, 0.1) is 17.4 Å². The maximum absolute atomic E-state index is 12.5. The molecule has 2 N–H and O–H groups in total. The summed E-state index contributed by atoms with van der Waals surface area (Å²) in [4.78, 5) is 35.1. The van der Waals surface area contributed by atoms with E-state index >= 15 is 0 Å². The summed E-state index contributed by atoms with van der Waals surface area (Å²) in [6.07, 6.45) is 6.10. The number of rotatable bonds is 5. The molecule has 8 heteroatoms. The minimum atomic E-state index is -0.308. The highest BCUT2D eigenvalue weighted by Gasteiger charge is 2.21. The molecule has 1 saturated heterocycles. The number of hydrogen-bond donors (Lipinski definition) is 2. The van der Waals surface area contributed by atoms with E-state index in [4.69, 9.17) is 4.42 Å². The third kappa shape index (κ3) is 4.23. The largest absolute Gasteiger partial charge is 0.431 e. The zero-order valence-electron chi connectivity index (χ0n) is 16.7. The van der Waals surface area contributed by atoms with Gasteiger partial charge in [0, 0.05) is 23.2 Å². The SMILES string of the molecule is C=CC(=O)Nc1ccnc2ccc(-c3ncc(C(=O)NC4CCN(C)CC4)o3)cc12. The molecule has 3 aromatic rings. The summed E-state index contributed by atoms with van der Waals surface area (Å²) in [5.41, 5.74) is 2.01. The van der Waals surface area contributed by atoms with Crippen molar-refractivity contribution in [2.75, 3.05) is 25.5 Å². The monoisotopic (exact) mass is 405 g/mol. The Balaban J connectivity index is 1.55. The van der Waals surface area contributed by atoms with Crippen LogP contribution in [0.3, 0.4) is 0 Å². The van der Waals surface area contributed by atoms with Gasteiger partial charge in [-0.3, -0.25) is 14.6 Å². The number of aromatic nitrogens is 2. The van der Waals surface area contributed by atoms with Crippen molar-refractivity contribution in [3.05, 3.63) is 55.1 Å². The van der Waals surface area contributed by atoms with E-state index in [1.54, 1.807) is 12.3 Å². The van der Waals surface area contributed by atoms with E-state index in [9.17, 15) is 9.59 Å². The third-order valence-electron chi connectivity index (χ3n) is 5.22. The van der Waals surface area contributed by atoms with Crippen LogP contribution in [-0.4, -0.2) is 52.9 Å². The molecule has 0 aliphatic carbocycles. The average Bonchev–Trinajstić information content (AvgIpc) is 3.26. The molecule has 1 aliphatic heterocycles. The first kappa shape index (κ1) is 19.8. The van der Waals surface area contributed by atoms with E-state index < -0.39 is 0 Å². The van der Waals surface area contributed by atoms with Crippen LogP contribution in [-0.2, 0) is 4.79 Å². The lowest BCUT2D eigenvalue weighted by Crippen LogP contribution is -2.43. The molecule has 154 valence electrons. The number of nitrogens with one attached hydrogen (secondary N) is 2. The van der Waals surface area contributed by atoms with E-state index in [0.29, 0.717) is 22.7 Å². The van der Waals surface area contributed by atoms with Gasteiger partial charge in [-0.25, -0.2) is 4.98 Å². The van der Waals surface area contributed by atoms with Crippen LogP contribution in [0.1, 0.15) is 23.4 Å². The van der Waals surface area contributed by atoms with Gasteiger partial charge in [-0.1, -0.05) is 6.58 Å². The van der Waals surface area contributed by atoms with E-state index in [0.717, 1.165) is 31.3 Å². The number of carbonyl (C=O) groups excluding carboxylic acids is 2. The maximum Gasteiger partial charge on any atom is 0.288 e. The molecule has 0 spiro atoms. The van der Waals surface area contributed by atoms with Gasteiger partial charge < -0.3 is 20.0 Å². The van der Waals surface area contributed by atoms with Crippen molar-refractivity contribution in [2.24, 2.45) is 0 Å². The fourth-order valence-corrected chi connectivity index (χ4v) is 3.49. The molecule has 1 fully saturated rings. The number of benzene rings is 1. The van der Waals surface area contributed by atoms with Crippen LogP contribution in [0.4, 0.5) is 5.69 Å². The van der Waals surface area contributed by atoms with Crippen molar-refractivity contribution in [3.8, 4) is 11.5 Å². The van der Waals surface area contributed by atoms with Crippen molar-refractivity contribution in [1.29, 1.82) is 0 Å². The molecule has 1 aromatic carbocycles. The summed E-state index contributed by atoms with van der Waals surface area (Å²) < 4.78 is 5.73. The summed E-state index contributed by atoms with van der Waals surface area (Å²) in [6, 6.07) is 7.31. The number of pyridine rings is 1. The van der Waals surface area contributed by atoms with Crippen LogP contribution in [0, 0.1) is 0 Å². The molecule has 3 heterocycles. The van der Waals surface area contributed by atoms with Gasteiger partial charge in [-0.15, -0.1) is 0 Å². The first-order valence-electron chi connectivity index (χ1n) is 9.81. The molecule has 4 rings (SSSR count). The first-order valence-corrected chi connectivity index (χ1v) is 9.81. The Morgan fingerprint density at radius 3 is 2.80 bits per heavy atom. The van der Waals surface area contributed by atoms with Gasteiger partial charge in [0.15, 0.2) is 0 Å². The fourth-order valence-electron chi connectivity index (χ4n) is 3.49. The number of amides is 2. The Morgan fingerprint density at radius 2 is 2.03 bits per heavy atom. The van der Waals surface area contributed by atoms with E-state index in [2.05, 4.69) is 39.1 Å². The van der Waals surface area contributed by atoms with E-state index in [-0.39, 0.29) is 23.6 Å². The molecule has 2 aromatic heterocycles. The Morgan fingerprint density at radius 1 is 1.23 bits per heavy atom. The van der Waals surface area contributed by atoms with Gasteiger partial charge in [0.25, 0.3) is 5.91 Å². The Kier molecular flexibility index (Phi) is 5.58. The second-order valence-corrected chi connectivity index (χ2v) is 7.36. The third-order valence-corrected chi connectivity index (χ3v) is 5.22. The van der Waals surface area contributed by atoms with Gasteiger partial charge in [0.1, 0.15) is 0 Å². The minimum absolute atomic E-state index is 0.144. The van der Waals surface area contributed by atoms with Crippen molar-refractivity contribution < 1.29 is 14.0 Å². The quantitative estimate of drug-likeness (QED) is 0.633. The zero-order chi connectivity index (χ0) is 21.1. The number of oxazole rings is 1. The second kappa shape index (κ2) is 8.46. The molecule has 0 radical (unpaired) electrons. The number of nitrogens with zero attached hydrogens (tertiary/aromatic N) is 3. The highest BCUT2D eigenvalue weighted by molar-refractivity contribution is 6.05. The second-order valence-electron chi connectivity index (χ2n) is 7.36. The highest BCUT2D eigenvalue weighted by atomic mass is 16.4. The highest BCUT2D eigenvalue weighted by Crippen LogP contribution is 2.28. The number of carbonyl (C=O) groups is 2. The number of hydrogen-bond acceptors (Lipinski definition) is 6. The lowest BCUT2D eigenvalue weighted by molar-refractivity contribution is -0.111. The van der Waals surface area contributed by atoms with Crippen molar-refractivity contribution in [1.82, 2.24) is 20.2 Å². The molecular formula is C22H23N5O3. The minimum Gasteiger partial charge on any atom is -0.431 e. The fraction of sp³-hybridized carbons (Fsp3) is 0.273. The number of anilines is 1. The summed E-state index contributed by atoms with van der Waals surface area (Å²) in [5, 5.41) is 6.53. The standard InChI is InChI=1S/C22H23N5O3/c1-3-20(28)26-18-6-9-23-17-5-4-14(12-16(17)18)22-24-13-19(30-22)21(29)25-15-7-10-27(2)11-8-15/h3-6,9,12-13,15H,1,7-8,10-11H2,2H3,(H,25,29)(H,23,26,28). The molecule has 0 atom stereocenters.